The molecule has 0 aromatic carbocycles. The first-order valence-electron chi connectivity index (χ1n) is 7.98. The zero-order valence-electron chi connectivity index (χ0n) is 13.3. The van der Waals surface area contributed by atoms with Crippen molar-refractivity contribution in [2.45, 2.75) is 65.4 Å². The van der Waals surface area contributed by atoms with Gasteiger partial charge in [0.15, 0.2) is 0 Å². The van der Waals surface area contributed by atoms with Crippen LogP contribution in [-0.2, 0) is 4.74 Å². The van der Waals surface area contributed by atoms with Gasteiger partial charge in [-0.15, -0.1) is 0 Å². The van der Waals surface area contributed by atoms with Crippen molar-refractivity contribution in [1.29, 1.82) is 0 Å². The van der Waals surface area contributed by atoms with Crippen LogP contribution in [0.2, 0.25) is 0 Å². The molecule has 0 aliphatic heterocycles. The quantitative estimate of drug-likeness (QED) is 0.616. The third kappa shape index (κ3) is 4.82. The van der Waals surface area contributed by atoms with E-state index in [2.05, 4.69) is 13.5 Å². The molecule has 1 aliphatic rings. The first kappa shape index (κ1) is 17.0. The van der Waals surface area contributed by atoms with Crippen LogP contribution in [0.25, 0.3) is 0 Å². The van der Waals surface area contributed by atoms with E-state index in [1.165, 1.54) is 32.1 Å². The molecule has 0 saturated carbocycles. The number of rotatable bonds is 9. The summed E-state index contributed by atoms with van der Waals surface area (Å²) in [6, 6.07) is 0. The largest absolute Gasteiger partial charge is 0.493 e. The average molecular weight is 278 g/mol. The predicted octanol–water partition coefficient (Wildman–Crippen LogP) is 4.76. The highest BCUT2D eigenvalue weighted by molar-refractivity contribution is 5.42. The van der Waals surface area contributed by atoms with E-state index in [1.54, 1.807) is 6.08 Å². The molecule has 114 valence electrons. The van der Waals surface area contributed by atoms with Crippen molar-refractivity contribution >= 4 is 0 Å². The first-order chi connectivity index (χ1) is 9.61. The van der Waals surface area contributed by atoms with E-state index < -0.39 is 6.10 Å². The van der Waals surface area contributed by atoms with Gasteiger partial charge in [-0.3, -0.25) is 0 Å². The number of aliphatic hydroxyl groups excluding tert-OH is 1. The standard InChI is InChI=1S/C18H30O2/c1-5-7-8-9-10-11-12-20-18-15(4)14(3)17(19)13-16(18)6-2/h6,13-14,17,19H,2,5,7-12H2,1,3-4H3. The minimum absolute atomic E-state index is 0.123. The van der Waals surface area contributed by atoms with Gasteiger partial charge >= 0.3 is 0 Å². The molecule has 0 aromatic rings. The molecule has 0 spiro atoms. The molecule has 2 unspecified atom stereocenters. The van der Waals surface area contributed by atoms with Crippen molar-refractivity contribution in [2.75, 3.05) is 6.61 Å². The lowest BCUT2D eigenvalue weighted by molar-refractivity contribution is 0.156. The highest BCUT2D eigenvalue weighted by Crippen LogP contribution is 2.31. The highest BCUT2D eigenvalue weighted by Gasteiger charge is 2.24. The van der Waals surface area contributed by atoms with Crippen LogP contribution in [0.5, 0.6) is 0 Å². The minimum Gasteiger partial charge on any atom is -0.493 e. The molecule has 1 rings (SSSR count). The maximum atomic E-state index is 9.95. The summed E-state index contributed by atoms with van der Waals surface area (Å²) in [5, 5.41) is 9.95. The molecule has 0 fully saturated rings. The Morgan fingerprint density at radius 3 is 2.55 bits per heavy atom. The molecule has 20 heavy (non-hydrogen) atoms. The van der Waals surface area contributed by atoms with Crippen LogP contribution in [-0.4, -0.2) is 17.8 Å². The highest BCUT2D eigenvalue weighted by atomic mass is 16.5. The first-order valence-corrected chi connectivity index (χ1v) is 7.98. The van der Waals surface area contributed by atoms with Gasteiger partial charge in [-0.1, -0.05) is 58.6 Å². The van der Waals surface area contributed by atoms with Gasteiger partial charge in [0.25, 0.3) is 0 Å². The van der Waals surface area contributed by atoms with Crippen molar-refractivity contribution in [3.8, 4) is 0 Å². The second-order valence-corrected chi connectivity index (χ2v) is 5.73. The summed E-state index contributed by atoms with van der Waals surface area (Å²) in [5.41, 5.74) is 2.06. The van der Waals surface area contributed by atoms with Crippen LogP contribution in [0.3, 0.4) is 0 Å². The molecule has 1 aliphatic carbocycles. The average Bonchev–Trinajstić information content (AvgIpc) is 2.45. The van der Waals surface area contributed by atoms with E-state index >= 15 is 0 Å². The number of ether oxygens (including phenoxy) is 1. The Morgan fingerprint density at radius 2 is 1.90 bits per heavy atom. The molecule has 0 aromatic heterocycles. The summed E-state index contributed by atoms with van der Waals surface area (Å²) in [6.45, 7) is 10.9. The van der Waals surface area contributed by atoms with Crippen LogP contribution in [0.4, 0.5) is 0 Å². The fourth-order valence-corrected chi connectivity index (χ4v) is 2.51. The zero-order chi connectivity index (χ0) is 15.0. The van der Waals surface area contributed by atoms with Gasteiger partial charge in [0.05, 0.1) is 12.7 Å². The van der Waals surface area contributed by atoms with E-state index in [4.69, 9.17) is 4.74 Å². The van der Waals surface area contributed by atoms with Gasteiger partial charge in [-0.25, -0.2) is 0 Å². The van der Waals surface area contributed by atoms with Gasteiger partial charge in [0, 0.05) is 11.5 Å². The number of hydrogen-bond acceptors (Lipinski definition) is 2. The topological polar surface area (TPSA) is 29.5 Å². The Kier molecular flexibility index (Phi) is 7.68. The van der Waals surface area contributed by atoms with Gasteiger partial charge in [-0.05, 0) is 25.0 Å². The molecule has 2 nitrogen and oxygen atoms in total. The second-order valence-electron chi connectivity index (χ2n) is 5.73. The maximum absolute atomic E-state index is 9.95. The van der Waals surface area contributed by atoms with Gasteiger partial charge in [-0.2, -0.15) is 0 Å². The Morgan fingerprint density at radius 1 is 1.25 bits per heavy atom. The molecule has 2 atom stereocenters. The number of hydrogen-bond donors (Lipinski definition) is 1. The number of unbranched alkanes of at least 4 members (excludes halogenated alkanes) is 5. The Labute approximate surface area is 124 Å². The van der Waals surface area contributed by atoms with Crippen molar-refractivity contribution in [3.05, 3.63) is 35.6 Å². The van der Waals surface area contributed by atoms with Crippen molar-refractivity contribution < 1.29 is 9.84 Å². The van der Waals surface area contributed by atoms with Gasteiger partial charge in [0.2, 0.25) is 0 Å². The SMILES string of the molecule is C=CC1=CC(O)C(C)C(C)=C1OCCCCCCCC. The lowest BCUT2D eigenvalue weighted by Crippen LogP contribution is -2.23. The number of aliphatic hydroxyl groups is 1. The predicted molar refractivity (Wildman–Crippen MR) is 85.5 cm³/mol. The zero-order valence-corrected chi connectivity index (χ0v) is 13.3. The second kappa shape index (κ2) is 9.02. The maximum Gasteiger partial charge on any atom is 0.125 e. The molecule has 2 heteroatoms. The monoisotopic (exact) mass is 278 g/mol. The van der Waals surface area contributed by atoms with E-state index in [-0.39, 0.29) is 5.92 Å². The molecular weight excluding hydrogens is 248 g/mol. The fraction of sp³-hybridized carbons (Fsp3) is 0.667. The fourth-order valence-electron chi connectivity index (χ4n) is 2.51. The molecular formula is C18H30O2. The van der Waals surface area contributed by atoms with Crippen LogP contribution in [0.1, 0.15) is 59.3 Å². The molecule has 0 saturated heterocycles. The summed E-state index contributed by atoms with van der Waals surface area (Å²) in [6.07, 6.45) is 10.8. The van der Waals surface area contributed by atoms with Crippen LogP contribution < -0.4 is 0 Å². The van der Waals surface area contributed by atoms with Gasteiger partial charge < -0.3 is 9.84 Å². The summed E-state index contributed by atoms with van der Waals surface area (Å²) >= 11 is 0. The smallest absolute Gasteiger partial charge is 0.125 e. The third-order valence-corrected chi connectivity index (χ3v) is 4.13. The minimum atomic E-state index is -0.426. The number of allylic oxidation sites excluding steroid dienone is 1. The lowest BCUT2D eigenvalue weighted by Gasteiger charge is -2.27. The summed E-state index contributed by atoms with van der Waals surface area (Å²) in [7, 11) is 0. The third-order valence-electron chi connectivity index (χ3n) is 4.13. The van der Waals surface area contributed by atoms with Crippen LogP contribution in [0, 0.1) is 5.92 Å². The molecule has 0 amide bonds. The van der Waals surface area contributed by atoms with Crippen molar-refractivity contribution in [2.24, 2.45) is 5.92 Å². The normalized spacial score (nSPS) is 22.7. The van der Waals surface area contributed by atoms with Crippen LogP contribution in [0.15, 0.2) is 35.6 Å². The van der Waals surface area contributed by atoms with E-state index in [9.17, 15) is 5.11 Å². The molecule has 0 bridgehead atoms. The summed E-state index contributed by atoms with van der Waals surface area (Å²) in [5.74, 6) is 1.05. The van der Waals surface area contributed by atoms with Crippen molar-refractivity contribution in [1.82, 2.24) is 0 Å². The van der Waals surface area contributed by atoms with E-state index in [0.29, 0.717) is 0 Å². The molecule has 0 heterocycles. The van der Waals surface area contributed by atoms with E-state index in [1.807, 2.05) is 19.9 Å². The summed E-state index contributed by atoms with van der Waals surface area (Å²) in [4.78, 5) is 0. The summed E-state index contributed by atoms with van der Waals surface area (Å²) < 4.78 is 5.95. The lowest BCUT2D eigenvalue weighted by atomic mass is 9.87. The van der Waals surface area contributed by atoms with E-state index in [0.717, 1.165) is 29.9 Å². The van der Waals surface area contributed by atoms with Crippen molar-refractivity contribution in [3.63, 3.8) is 0 Å². The molecule has 1 N–H and O–H groups in total. The van der Waals surface area contributed by atoms with Gasteiger partial charge in [0.1, 0.15) is 5.76 Å². The molecule has 0 radical (unpaired) electrons. The Hall–Kier alpha value is -1.02. The Balaban J connectivity index is 2.41. The van der Waals surface area contributed by atoms with Crippen LogP contribution >= 0.6 is 0 Å². The Bertz CT molecular complexity index is 366.